The van der Waals surface area contributed by atoms with Crippen LogP contribution in [0, 0.1) is 5.92 Å². The third-order valence-corrected chi connectivity index (χ3v) is 3.57. The van der Waals surface area contributed by atoms with Crippen LogP contribution < -0.4 is 5.32 Å². The standard InChI is InChI=1S/C12H22N2O2/c1-2-14(10-3-4-10)12(16)8-13-7-9-5-11(15)6-9/h9-11,13,15H,2-8H2,1H3. The molecule has 0 aromatic heterocycles. The second kappa shape index (κ2) is 5.15. The zero-order valence-corrected chi connectivity index (χ0v) is 9.98. The molecule has 0 heterocycles. The van der Waals surface area contributed by atoms with E-state index in [1.165, 1.54) is 12.8 Å². The minimum absolute atomic E-state index is 0.0962. The first-order valence-corrected chi connectivity index (χ1v) is 6.39. The summed E-state index contributed by atoms with van der Waals surface area (Å²) in [7, 11) is 0. The lowest BCUT2D eigenvalue weighted by Crippen LogP contribution is -2.42. The number of aliphatic hydroxyl groups excluding tert-OH is 1. The number of rotatable bonds is 6. The molecule has 2 fully saturated rings. The highest BCUT2D eigenvalue weighted by atomic mass is 16.3. The number of nitrogens with zero attached hydrogens (tertiary/aromatic N) is 1. The molecule has 4 nitrogen and oxygen atoms in total. The molecule has 2 saturated carbocycles. The first kappa shape index (κ1) is 11.9. The number of amides is 1. The molecule has 92 valence electrons. The van der Waals surface area contributed by atoms with Gasteiger partial charge in [0.15, 0.2) is 0 Å². The molecule has 2 aliphatic carbocycles. The van der Waals surface area contributed by atoms with E-state index in [4.69, 9.17) is 5.11 Å². The summed E-state index contributed by atoms with van der Waals surface area (Å²) in [5, 5.41) is 12.3. The SMILES string of the molecule is CCN(C(=O)CNCC1CC(O)C1)C1CC1. The Morgan fingerprint density at radius 2 is 2.12 bits per heavy atom. The Bertz CT molecular complexity index is 247. The van der Waals surface area contributed by atoms with Gasteiger partial charge in [0.1, 0.15) is 0 Å². The fourth-order valence-corrected chi connectivity index (χ4v) is 2.38. The van der Waals surface area contributed by atoms with E-state index >= 15 is 0 Å². The Morgan fingerprint density at radius 3 is 2.62 bits per heavy atom. The molecule has 0 spiro atoms. The van der Waals surface area contributed by atoms with Crippen LogP contribution in [-0.2, 0) is 4.79 Å². The molecule has 2 aliphatic rings. The number of hydrogen-bond donors (Lipinski definition) is 2. The molecule has 0 unspecified atom stereocenters. The van der Waals surface area contributed by atoms with Gasteiger partial charge in [-0.3, -0.25) is 4.79 Å². The van der Waals surface area contributed by atoms with E-state index in [-0.39, 0.29) is 12.0 Å². The molecular formula is C12H22N2O2. The molecule has 2 N–H and O–H groups in total. The lowest BCUT2D eigenvalue weighted by Gasteiger charge is -2.31. The molecule has 0 bridgehead atoms. The van der Waals surface area contributed by atoms with Crippen molar-refractivity contribution >= 4 is 5.91 Å². The Labute approximate surface area is 97.0 Å². The van der Waals surface area contributed by atoms with Crippen LogP contribution in [-0.4, -0.2) is 47.7 Å². The third-order valence-electron chi connectivity index (χ3n) is 3.57. The van der Waals surface area contributed by atoms with Crippen LogP contribution in [0.15, 0.2) is 0 Å². The van der Waals surface area contributed by atoms with E-state index in [0.29, 0.717) is 18.5 Å². The maximum absolute atomic E-state index is 11.8. The van der Waals surface area contributed by atoms with Crippen molar-refractivity contribution < 1.29 is 9.90 Å². The normalized spacial score (nSPS) is 28.6. The van der Waals surface area contributed by atoms with Crippen molar-refractivity contribution in [2.24, 2.45) is 5.92 Å². The van der Waals surface area contributed by atoms with Gasteiger partial charge >= 0.3 is 0 Å². The van der Waals surface area contributed by atoms with Gasteiger partial charge in [0.05, 0.1) is 12.6 Å². The average molecular weight is 226 g/mol. The smallest absolute Gasteiger partial charge is 0.236 e. The van der Waals surface area contributed by atoms with Gasteiger partial charge in [-0.1, -0.05) is 0 Å². The molecule has 1 amide bonds. The Balaban J connectivity index is 1.59. The first-order valence-electron chi connectivity index (χ1n) is 6.39. The maximum Gasteiger partial charge on any atom is 0.236 e. The minimum atomic E-state index is -0.0962. The van der Waals surface area contributed by atoms with E-state index in [1.807, 2.05) is 11.8 Å². The van der Waals surface area contributed by atoms with Gasteiger partial charge in [0.25, 0.3) is 0 Å². The largest absolute Gasteiger partial charge is 0.393 e. The second-order valence-corrected chi connectivity index (χ2v) is 5.03. The highest BCUT2D eigenvalue weighted by molar-refractivity contribution is 5.78. The average Bonchev–Trinajstić information content (AvgIpc) is 3.00. The van der Waals surface area contributed by atoms with Crippen molar-refractivity contribution in [1.82, 2.24) is 10.2 Å². The van der Waals surface area contributed by atoms with Crippen molar-refractivity contribution in [3.63, 3.8) is 0 Å². The molecule has 16 heavy (non-hydrogen) atoms. The summed E-state index contributed by atoms with van der Waals surface area (Å²) in [6.07, 6.45) is 4.03. The molecular weight excluding hydrogens is 204 g/mol. The van der Waals surface area contributed by atoms with Gasteiger partial charge in [0.2, 0.25) is 5.91 Å². The Hall–Kier alpha value is -0.610. The quantitative estimate of drug-likeness (QED) is 0.687. The van der Waals surface area contributed by atoms with E-state index in [1.54, 1.807) is 0 Å². The molecule has 4 heteroatoms. The summed E-state index contributed by atoms with van der Waals surface area (Å²) in [5.74, 6) is 0.795. The van der Waals surface area contributed by atoms with E-state index < -0.39 is 0 Å². The number of aliphatic hydroxyl groups is 1. The van der Waals surface area contributed by atoms with Gasteiger partial charge in [-0.15, -0.1) is 0 Å². The van der Waals surface area contributed by atoms with Crippen molar-refractivity contribution in [2.75, 3.05) is 19.6 Å². The van der Waals surface area contributed by atoms with Crippen LogP contribution in [0.25, 0.3) is 0 Å². The lowest BCUT2D eigenvalue weighted by molar-refractivity contribution is -0.130. The summed E-state index contributed by atoms with van der Waals surface area (Å²) in [6, 6.07) is 0.518. The monoisotopic (exact) mass is 226 g/mol. The van der Waals surface area contributed by atoms with Crippen molar-refractivity contribution in [1.29, 1.82) is 0 Å². The predicted molar refractivity (Wildman–Crippen MR) is 62.0 cm³/mol. The van der Waals surface area contributed by atoms with Crippen LogP contribution in [0.4, 0.5) is 0 Å². The summed E-state index contributed by atoms with van der Waals surface area (Å²) < 4.78 is 0. The highest BCUT2D eigenvalue weighted by Gasteiger charge is 2.31. The van der Waals surface area contributed by atoms with Gasteiger partial charge in [-0.05, 0) is 45.1 Å². The van der Waals surface area contributed by atoms with Crippen LogP contribution in [0.2, 0.25) is 0 Å². The lowest BCUT2D eigenvalue weighted by atomic mass is 9.82. The van der Waals surface area contributed by atoms with Gasteiger partial charge in [-0.25, -0.2) is 0 Å². The zero-order valence-electron chi connectivity index (χ0n) is 9.98. The molecule has 0 radical (unpaired) electrons. The molecule has 2 rings (SSSR count). The van der Waals surface area contributed by atoms with Gasteiger partial charge < -0.3 is 15.3 Å². The number of likely N-dealkylation sites (N-methyl/N-ethyl adjacent to an activating group) is 1. The minimum Gasteiger partial charge on any atom is -0.393 e. The van der Waals surface area contributed by atoms with Crippen molar-refractivity contribution in [3.05, 3.63) is 0 Å². The number of carbonyl (C=O) groups excluding carboxylic acids is 1. The summed E-state index contributed by atoms with van der Waals surface area (Å²) >= 11 is 0. The predicted octanol–water partition coefficient (Wildman–Crippen LogP) is 0.358. The fraction of sp³-hybridized carbons (Fsp3) is 0.917. The highest BCUT2D eigenvalue weighted by Crippen LogP contribution is 2.27. The maximum atomic E-state index is 11.8. The number of hydrogen-bond acceptors (Lipinski definition) is 3. The van der Waals surface area contributed by atoms with E-state index in [2.05, 4.69) is 5.32 Å². The summed E-state index contributed by atoms with van der Waals surface area (Å²) in [6.45, 7) is 4.19. The molecule has 0 aliphatic heterocycles. The van der Waals surface area contributed by atoms with Crippen LogP contribution >= 0.6 is 0 Å². The first-order chi connectivity index (χ1) is 7.70. The third kappa shape index (κ3) is 2.95. The van der Waals surface area contributed by atoms with Gasteiger partial charge in [-0.2, -0.15) is 0 Å². The number of nitrogens with one attached hydrogen (secondary N) is 1. The van der Waals surface area contributed by atoms with Crippen molar-refractivity contribution in [3.8, 4) is 0 Å². The van der Waals surface area contributed by atoms with Crippen LogP contribution in [0.5, 0.6) is 0 Å². The Kier molecular flexibility index (Phi) is 3.82. The summed E-state index contributed by atoms with van der Waals surface area (Å²) in [4.78, 5) is 13.8. The zero-order chi connectivity index (χ0) is 11.5. The second-order valence-electron chi connectivity index (χ2n) is 5.03. The van der Waals surface area contributed by atoms with Crippen LogP contribution in [0.1, 0.15) is 32.6 Å². The van der Waals surface area contributed by atoms with Crippen LogP contribution in [0.3, 0.4) is 0 Å². The van der Waals surface area contributed by atoms with E-state index in [0.717, 1.165) is 25.9 Å². The summed E-state index contributed by atoms with van der Waals surface area (Å²) in [5.41, 5.74) is 0. The molecule has 0 saturated heterocycles. The fourth-order valence-electron chi connectivity index (χ4n) is 2.38. The topological polar surface area (TPSA) is 52.6 Å². The Morgan fingerprint density at radius 1 is 1.44 bits per heavy atom. The molecule has 0 atom stereocenters. The molecule has 0 aromatic carbocycles. The molecule has 0 aromatic rings. The van der Waals surface area contributed by atoms with Crippen molar-refractivity contribution in [2.45, 2.75) is 44.8 Å². The van der Waals surface area contributed by atoms with Gasteiger partial charge in [0, 0.05) is 12.6 Å². The number of carbonyl (C=O) groups is 1. The van der Waals surface area contributed by atoms with E-state index in [9.17, 15) is 4.79 Å².